The molecule has 1 aromatic rings. The predicted octanol–water partition coefficient (Wildman–Crippen LogP) is 0.722. The molecule has 0 atom stereocenters. The number of aromatic nitrogens is 2. The van der Waals surface area contributed by atoms with Gasteiger partial charge < -0.3 is 4.90 Å². The molecular formula is C12H21N3O2. The molecule has 5 heteroatoms. The molecule has 0 unspecified atom stereocenters. The summed E-state index contributed by atoms with van der Waals surface area (Å²) in [7, 11) is 5.16. The highest BCUT2D eigenvalue weighted by atomic mass is 16.2. The second-order valence-corrected chi connectivity index (χ2v) is 4.48. The summed E-state index contributed by atoms with van der Waals surface area (Å²) in [5, 5.41) is 0. The summed E-state index contributed by atoms with van der Waals surface area (Å²) >= 11 is 0. The molecule has 0 bridgehead atoms. The van der Waals surface area contributed by atoms with Crippen molar-refractivity contribution in [2.24, 2.45) is 7.05 Å². The maximum absolute atomic E-state index is 12.0. The maximum Gasteiger partial charge on any atom is 0.331 e. The topological polar surface area (TPSA) is 47.2 Å². The van der Waals surface area contributed by atoms with E-state index < -0.39 is 0 Å². The van der Waals surface area contributed by atoms with Crippen molar-refractivity contribution in [3.63, 3.8) is 0 Å². The minimum atomic E-state index is -0.231. The first-order chi connectivity index (χ1) is 7.91. The van der Waals surface area contributed by atoms with Crippen molar-refractivity contribution in [1.82, 2.24) is 9.13 Å². The minimum absolute atomic E-state index is 0.230. The number of hydrogen-bond acceptors (Lipinski definition) is 3. The third kappa shape index (κ3) is 2.43. The molecule has 0 saturated carbocycles. The van der Waals surface area contributed by atoms with E-state index in [4.69, 9.17) is 0 Å². The van der Waals surface area contributed by atoms with Gasteiger partial charge in [-0.15, -0.1) is 0 Å². The average Bonchev–Trinajstić information content (AvgIpc) is 2.26. The largest absolute Gasteiger partial charge is 0.372 e. The van der Waals surface area contributed by atoms with Crippen LogP contribution in [0.1, 0.15) is 25.5 Å². The molecular weight excluding hydrogens is 218 g/mol. The van der Waals surface area contributed by atoms with E-state index in [1.807, 2.05) is 21.0 Å². The van der Waals surface area contributed by atoms with Crippen molar-refractivity contribution in [2.45, 2.75) is 33.2 Å². The summed E-state index contributed by atoms with van der Waals surface area (Å²) in [5.41, 5.74) is 0.872. The van der Waals surface area contributed by atoms with Crippen LogP contribution < -0.4 is 16.1 Å². The van der Waals surface area contributed by atoms with Crippen LogP contribution in [0.15, 0.2) is 9.59 Å². The van der Waals surface area contributed by atoms with Gasteiger partial charge in [-0.1, -0.05) is 13.3 Å². The van der Waals surface area contributed by atoms with E-state index in [0.29, 0.717) is 12.2 Å². The van der Waals surface area contributed by atoms with Gasteiger partial charge in [0.1, 0.15) is 5.69 Å². The highest BCUT2D eigenvalue weighted by Crippen LogP contribution is 2.10. The van der Waals surface area contributed by atoms with Crippen LogP contribution in [0.2, 0.25) is 0 Å². The molecule has 0 N–H and O–H groups in total. The van der Waals surface area contributed by atoms with Crippen LogP contribution in [0.25, 0.3) is 0 Å². The third-order valence-electron chi connectivity index (χ3n) is 2.96. The standard InChI is InChI=1S/C12H21N3O2/c1-6-7-8-15-9(2)10(13(3)4)11(16)14(5)12(15)17/h6-8H2,1-5H3. The maximum atomic E-state index is 12.0. The predicted molar refractivity (Wildman–Crippen MR) is 69.9 cm³/mol. The summed E-state index contributed by atoms with van der Waals surface area (Å²) in [6, 6.07) is 0. The van der Waals surface area contributed by atoms with Crippen LogP contribution in [0.4, 0.5) is 5.69 Å². The highest BCUT2D eigenvalue weighted by molar-refractivity contribution is 5.47. The Morgan fingerprint density at radius 1 is 1.24 bits per heavy atom. The van der Waals surface area contributed by atoms with Crippen molar-refractivity contribution in [3.8, 4) is 0 Å². The molecule has 1 aromatic heterocycles. The molecule has 0 aromatic carbocycles. The monoisotopic (exact) mass is 239 g/mol. The Morgan fingerprint density at radius 2 is 1.82 bits per heavy atom. The summed E-state index contributed by atoms with van der Waals surface area (Å²) in [5.74, 6) is 0. The van der Waals surface area contributed by atoms with E-state index in [9.17, 15) is 9.59 Å². The molecule has 96 valence electrons. The van der Waals surface area contributed by atoms with Gasteiger partial charge in [-0.3, -0.25) is 13.9 Å². The Hall–Kier alpha value is -1.52. The zero-order chi connectivity index (χ0) is 13.2. The van der Waals surface area contributed by atoms with E-state index in [2.05, 4.69) is 6.92 Å². The molecule has 0 aliphatic heterocycles. The number of anilines is 1. The van der Waals surface area contributed by atoms with Gasteiger partial charge in [0.15, 0.2) is 0 Å². The molecule has 0 saturated heterocycles. The Bertz CT molecular complexity index is 512. The average molecular weight is 239 g/mol. The van der Waals surface area contributed by atoms with E-state index >= 15 is 0 Å². The second kappa shape index (κ2) is 5.21. The van der Waals surface area contributed by atoms with Gasteiger partial charge in [0, 0.05) is 33.4 Å². The first-order valence-corrected chi connectivity index (χ1v) is 5.89. The molecule has 5 nitrogen and oxygen atoms in total. The molecule has 1 heterocycles. The van der Waals surface area contributed by atoms with E-state index in [-0.39, 0.29) is 11.2 Å². The van der Waals surface area contributed by atoms with E-state index in [1.165, 1.54) is 11.6 Å². The van der Waals surface area contributed by atoms with Crippen molar-refractivity contribution >= 4 is 5.69 Å². The molecule has 0 aliphatic carbocycles. The third-order valence-corrected chi connectivity index (χ3v) is 2.96. The molecule has 1 rings (SSSR count). The van der Waals surface area contributed by atoms with E-state index in [0.717, 1.165) is 18.5 Å². The van der Waals surface area contributed by atoms with Crippen LogP contribution in [0.3, 0.4) is 0 Å². The Balaban J connectivity index is 3.51. The van der Waals surface area contributed by atoms with Crippen molar-refractivity contribution in [2.75, 3.05) is 19.0 Å². The van der Waals surface area contributed by atoms with Gasteiger partial charge in [0.2, 0.25) is 0 Å². The Kier molecular flexibility index (Phi) is 4.15. The van der Waals surface area contributed by atoms with Crippen LogP contribution in [-0.2, 0) is 13.6 Å². The van der Waals surface area contributed by atoms with Crippen molar-refractivity contribution < 1.29 is 0 Å². The number of unbranched alkanes of at least 4 members (excludes halogenated alkanes) is 1. The molecule has 0 amide bonds. The van der Waals surface area contributed by atoms with Gasteiger partial charge in [-0.25, -0.2) is 4.79 Å². The van der Waals surface area contributed by atoms with Gasteiger partial charge in [-0.2, -0.15) is 0 Å². The lowest BCUT2D eigenvalue weighted by molar-refractivity contribution is 0.552. The van der Waals surface area contributed by atoms with Crippen LogP contribution in [0, 0.1) is 6.92 Å². The summed E-state index contributed by atoms with van der Waals surface area (Å²) in [6.07, 6.45) is 1.96. The molecule has 17 heavy (non-hydrogen) atoms. The number of rotatable bonds is 4. The normalized spacial score (nSPS) is 10.6. The first-order valence-electron chi connectivity index (χ1n) is 5.89. The zero-order valence-electron chi connectivity index (χ0n) is 11.3. The van der Waals surface area contributed by atoms with Gasteiger partial charge in [0.05, 0.1) is 0 Å². The van der Waals surface area contributed by atoms with Crippen LogP contribution in [0.5, 0.6) is 0 Å². The van der Waals surface area contributed by atoms with Crippen molar-refractivity contribution in [3.05, 3.63) is 26.5 Å². The summed E-state index contributed by atoms with van der Waals surface area (Å²) in [4.78, 5) is 25.7. The lowest BCUT2D eigenvalue weighted by atomic mass is 10.3. The van der Waals surface area contributed by atoms with Crippen LogP contribution >= 0.6 is 0 Å². The van der Waals surface area contributed by atoms with Gasteiger partial charge >= 0.3 is 5.69 Å². The smallest absolute Gasteiger partial charge is 0.331 e. The lowest BCUT2D eigenvalue weighted by Crippen LogP contribution is -2.42. The minimum Gasteiger partial charge on any atom is -0.372 e. The SMILES string of the molecule is CCCCn1c(C)c(N(C)C)c(=O)n(C)c1=O. The quantitative estimate of drug-likeness (QED) is 0.778. The molecule has 0 aliphatic rings. The lowest BCUT2D eigenvalue weighted by Gasteiger charge is -2.19. The van der Waals surface area contributed by atoms with E-state index in [1.54, 1.807) is 9.47 Å². The fraction of sp³-hybridized carbons (Fsp3) is 0.667. The Labute approximate surface area is 101 Å². The van der Waals surface area contributed by atoms with Gasteiger partial charge in [0.25, 0.3) is 5.56 Å². The fourth-order valence-corrected chi connectivity index (χ4v) is 1.95. The van der Waals surface area contributed by atoms with Gasteiger partial charge in [-0.05, 0) is 13.3 Å². The summed E-state index contributed by atoms with van der Waals surface area (Å²) < 4.78 is 2.86. The van der Waals surface area contributed by atoms with Crippen molar-refractivity contribution in [1.29, 1.82) is 0 Å². The first kappa shape index (κ1) is 13.5. The number of hydrogen-bond donors (Lipinski definition) is 0. The number of nitrogens with zero attached hydrogens (tertiary/aromatic N) is 3. The molecule has 0 fully saturated rings. The fourth-order valence-electron chi connectivity index (χ4n) is 1.95. The second-order valence-electron chi connectivity index (χ2n) is 4.48. The molecule has 0 radical (unpaired) electrons. The zero-order valence-corrected chi connectivity index (χ0v) is 11.3. The Morgan fingerprint density at radius 3 is 2.29 bits per heavy atom. The highest BCUT2D eigenvalue weighted by Gasteiger charge is 2.15. The molecule has 0 spiro atoms. The van der Waals surface area contributed by atoms with Crippen LogP contribution in [-0.4, -0.2) is 23.2 Å². The summed E-state index contributed by atoms with van der Waals surface area (Å²) in [6.45, 7) is 4.57.